The van der Waals surface area contributed by atoms with Crippen molar-refractivity contribution in [2.24, 2.45) is 5.41 Å². The molecular weight excluding hydrogens is 210 g/mol. The van der Waals surface area contributed by atoms with E-state index in [4.69, 9.17) is 9.84 Å². The predicted octanol–water partition coefficient (Wildman–Crippen LogP) is 0.474. The Kier molecular flexibility index (Phi) is 5.92. The summed E-state index contributed by atoms with van der Waals surface area (Å²) in [6.07, 6.45) is 0.881. The van der Waals surface area contributed by atoms with Crippen molar-refractivity contribution in [3.8, 4) is 0 Å². The van der Waals surface area contributed by atoms with Crippen molar-refractivity contribution in [1.82, 2.24) is 5.32 Å². The Hall–Kier alpha value is -0.650. The minimum absolute atomic E-state index is 0.0184. The Bertz CT molecular complexity index is 226. The van der Waals surface area contributed by atoms with Gasteiger partial charge in [0.1, 0.15) is 0 Å². The van der Waals surface area contributed by atoms with Gasteiger partial charge in [0.05, 0.1) is 0 Å². The van der Waals surface area contributed by atoms with Gasteiger partial charge in [0.25, 0.3) is 0 Å². The van der Waals surface area contributed by atoms with E-state index < -0.39 is 11.6 Å². The van der Waals surface area contributed by atoms with E-state index >= 15 is 0 Å². The predicted molar refractivity (Wildman–Crippen MR) is 61.4 cm³/mol. The van der Waals surface area contributed by atoms with E-state index in [1.54, 1.807) is 7.11 Å². The van der Waals surface area contributed by atoms with Gasteiger partial charge in [-0.1, -0.05) is 13.8 Å². The molecule has 0 aliphatic rings. The molecule has 0 amide bonds. The van der Waals surface area contributed by atoms with Crippen LogP contribution in [0, 0.1) is 5.41 Å². The number of nitrogens with one attached hydrogen (secondary N) is 1. The summed E-state index contributed by atoms with van der Waals surface area (Å²) in [4.78, 5) is 10.6. The Morgan fingerprint density at radius 2 is 1.88 bits per heavy atom. The third kappa shape index (κ3) is 6.05. The van der Waals surface area contributed by atoms with Gasteiger partial charge in [0.2, 0.25) is 0 Å². The molecule has 0 aromatic rings. The first-order valence-corrected chi connectivity index (χ1v) is 5.37. The van der Waals surface area contributed by atoms with Crippen LogP contribution in [-0.4, -0.2) is 48.6 Å². The van der Waals surface area contributed by atoms with E-state index in [0.29, 0.717) is 13.2 Å². The van der Waals surface area contributed by atoms with Crippen LogP contribution in [0.3, 0.4) is 0 Å². The van der Waals surface area contributed by atoms with Crippen LogP contribution in [0.5, 0.6) is 0 Å². The SMILES string of the molecule is COCCC(C)(C)CNCC(C)(O)C(=O)O. The van der Waals surface area contributed by atoms with Gasteiger partial charge in [-0.3, -0.25) is 0 Å². The zero-order valence-electron chi connectivity index (χ0n) is 10.5. The van der Waals surface area contributed by atoms with Gasteiger partial charge in [0, 0.05) is 26.8 Å². The van der Waals surface area contributed by atoms with Gasteiger partial charge in [-0.2, -0.15) is 0 Å². The van der Waals surface area contributed by atoms with Crippen LogP contribution in [0.1, 0.15) is 27.2 Å². The summed E-state index contributed by atoms with van der Waals surface area (Å²) in [6.45, 7) is 6.76. The first kappa shape index (κ1) is 15.3. The highest BCUT2D eigenvalue weighted by Gasteiger charge is 2.30. The standard InChI is InChI=1S/C11H23NO4/c1-10(2,5-6-16-4)7-12-8-11(3,15)9(13)14/h12,15H,5-8H2,1-4H3,(H,13,14). The molecule has 0 bridgehead atoms. The van der Waals surface area contributed by atoms with Gasteiger partial charge in [-0.15, -0.1) is 0 Å². The van der Waals surface area contributed by atoms with Crippen molar-refractivity contribution in [3.63, 3.8) is 0 Å². The molecular formula is C11H23NO4. The molecule has 1 atom stereocenters. The summed E-state index contributed by atoms with van der Waals surface area (Å²) in [5.41, 5.74) is -1.69. The maximum absolute atomic E-state index is 10.6. The number of rotatable bonds is 8. The molecule has 0 saturated heterocycles. The maximum Gasteiger partial charge on any atom is 0.336 e. The average Bonchev–Trinajstić information content (AvgIpc) is 2.14. The summed E-state index contributed by atoms with van der Waals surface area (Å²) in [5.74, 6) is -1.21. The Labute approximate surface area is 96.8 Å². The van der Waals surface area contributed by atoms with E-state index in [2.05, 4.69) is 19.2 Å². The zero-order chi connectivity index (χ0) is 12.8. The number of methoxy groups -OCH3 is 1. The molecule has 0 saturated carbocycles. The summed E-state index contributed by atoms with van der Waals surface area (Å²) >= 11 is 0. The fourth-order valence-electron chi connectivity index (χ4n) is 1.19. The minimum Gasteiger partial charge on any atom is -0.479 e. The summed E-state index contributed by atoms with van der Waals surface area (Å²) in [5, 5.41) is 21.1. The molecule has 0 aliphatic carbocycles. The molecule has 5 nitrogen and oxygen atoms in total. The topological polar surface area (TPSA) is 78.8 Å². The monoisotopic (exact) mass is 233 g/mol. The van der Waals surface area contributed by atoms with E-state index in [-0.39, 0.29) is 12.0 Å². The molecule has 5 heteroatoms. The van der Waals surface area contributed by atoms with Crippen molar-refractivity contribution < 1.29 is 19.7 Å². The molecule has 16 heavy (non-hydrogen) atoms. The van der Waals surface area contributed by atoms with Crippen LogP contribution in [0.15, 0.2) is 0 Å². The first-order valence-electron chi connectivity index (χ1n) is 5.37. The largest absolute Gasteiger partial charge is 0.479 e. The van der Waals surface area contributed by atoms with Gasteiger partial charge in [0.15, 0.2) is 5.60 Å². The summed E-state index contributed by atoms with van der Waals surface area (Å²) in [7, 11) is 1.65. The fraction of sp³-hybridized carbons (Fsp3) is 0.909. The molecule has 96 valence electrons. The van der Waals surface area contributed by atoms with Gasteiger partial charge in [-0.25, -0.2) is 4.79 Å². The third-order valence-corrected chi connectivity index (χ3v) is 2.52. The Balaban J connectivity index is 3.93. The van der Waals surface area contributed by atoms with Crippen LogP contribution in [0.25, 0.3) is 0 Å². The zero-order valence-corrected chi connectivity index (χ0v) is 10.5. The number of carboxylic acid groups (broad SMARTS) is 1. The highest BCUT2D eigenvalue weighted by molar-refractivity contribution is 5.76. The van der Waals surface area contributed by atoms with E-state index in [1.807, 2.05) is 0 Å². The summed E-state index contributed by atoms with van der Waals surface area (Å²) in [6, 6.07) is 0. The second-order valence-electron chi connectivity index (χ2n) is 5.09. The lowest BCUT2D eigenvalue weighted by atomic mass is 9.89. The third-order valence-electron chi connectivity index (χ3n) is 2.52. The first-order chi connectivity index (χ1) is 7.21. The number of aliphatic carboxylic acids is 1. The molecule has 0 spiro atoms. The molecule has 0 radical (unpaired) electrons. The van der Waals surface area contributed by atoms with Crippen molar-refractivity contribution in [2.45, 2.75) is 32.8 Å². The second-order valence-corrected chi connectivity index (χ2v) is 5.09. The fourth-order valence-corrected chi connectivity index (χ4v) is 1.19. The molecule has 0 heterocycles. The van der Waals surface area contributed by atoms with E-state index in [9.17, 15) is 9.90 Å². The maximum atomic E-state index is 10.6. The average molecular weight is 233 g/mol. The Morgan fingerprint density at radius 3 is 2.31 bits per heavy atom. The quantitative estimate of drug-likeness (QED) is 0.568. The lowest BCUT2D eigenvalue weighted by molar-refractivity contribution is -0.156. The van der Waals surface area contributed by atoms with Crippen LogP contribution < -0.4 is 5.32 Å². The minimum atomic E-state index is -1.71. The van der Waals surface area contributed by atoms with Crippen LogP contribution >= 0.6 is 0 Å². The normalized spacial score (nSPS) is 15.8. The molecule has 3 N–H and O–H groups in total. The van der Waals surface area contributed by atoms with Crippen LogP contribution in [-0.2, 0) is 9.53 Å². The molecule has 0 fully saturated rings. The van der Waals surface area contributed by atoms with Crippen molar-refractivity contribution in [2.75, 3.05) is 26.8 Å². The second kappa shape index (κ2) is 6.18. The Morgan fingerprint density at radius 1 is 1.31 bits per heavy atom. The van der Waals surface area contributed by atoms with E-state index in [0.717, 1.165) is 6.42 Å². The number of carbonyl (C=O) groups is 1. The highest BCUT2D eigenvalue weighted by Crippen LogP contribution is 2.18. The number of aliphatic hydroxyl groups is 1. The van der Waals surface area contributed by atoms with Crippen molar-refractivity contribution in [1.29, 1.82) is 0 Å². The number of carboxylic acids is 1. The van der Waals surface area contributed by atoms with Crippen LogP contribution in [0.4, 0.5) is 0 Å². The lowest BCUT2D eigenvalue weighted by Crippen LogP contribution is -2.47. The number of hydrogen-bond donors (Lipinski definition) is 3. The molecule has 0 aromatic heterocycles. The van der Waals surface area contributed by atoms with E-state index in [1.165, 1.54) is 6.92 Å². The van der Waals surface area contributed by atoms with Crippen LogP contribution in [0.2, 0.25) is 0 Å². The number of hydrogen-bond acceptors (Lipinski definition) is 4. The highest BCUT2D eigenvalue weighted by atomic mass is 16.5. The molecule has 0 rings (SSSR count). The van der Waals surface area contributed by atoms with Gasteiger partial charge in [-0.05, 0) is 18.8 Å². The summed E-state index contributed by atoms with van der Waals surface area (Å²) < 4.78 is 4.99. The lowest BCUT2D eigenvalue weighted by Gasteiger charge is -2.27. The molecule has 0 aliphatic heterocycles. The van der Waals surface area contributed by atoms with Gasteiger partial charge >= 0.3 is 5.97 Å². The van der Waals surface area contributed by atoms with Crippen molar-refractivity contribution >= 4 is 5.97 Å². The molecule has 0 aromatic carbocycles. The molecule has 1 unspecified atom stereocenters. The van der Waals surface area contributed by atoms with Crippen molar-refractivity contribution in [3.05, 3.63) is 0 Å². The number of ether oxygens (including phenoxy) is 1. The smallest absolute Gasteiger partial charge is 0.336 e. The van der Waals surface area contributed by atoms with Gasteiger partial charge < -0.3 is 20.3 Å².